The van der Waals surface area contributed by atoms with Crippen molar-refractivity contribution in [2.75, 3.05) is 7.11 Å². The molecule has 0 saturated carbocycles. The summed E-state index contributed by atoms with van der Waals surface area (Å²) < 4.78 is 42.4. The molecule has 0 atom stereocenters. The Bertz CT molecular complexity index is 568. The van der Waals surface area contributed by atoms with E-state index in [0.29, 0.717) is 6.07 Å². The van der Waals surface area contributed by atoms with E-state index in [9.17, 15) is 32.9 Å². The average molecular weight is 291 g/mol. The van der Waals surface area contributed by atoms with Crippen LogP contribution in [-0.2, 0) is 26.9 Å². The topological polar surface area (TPSA) is 86.5 Å². The maximum atomic E-state index is 12.8. The van der Waals surface area contributed by atoms with Crippen LogP contribution >= 0.6 is 0 Å². The average Bonchev–Trinajstić information content (AvgIpc) is 2.36. The molecule has 9 heteroatoms. The van der Waals surface area contributed by atoms with E-state index in [0.717, 1.165) is 19.2 Å². The molecule has 0 radical (unpaired) electrons. The van der Waals surface area contributed by atoms with Gasteiger partial charge in [0.1, 0.15) is 0 Å². The molecule has 1 aromatic rings. The van der Waals surface area contributed by atoms with Gasteiger partial charge in [-0.3, -0.25) is 14.9 Å². The van der Waals surface area contributed by atoms with Crippen molar-refractivity contribution < 1.29 is 32.4 Å². The molecule has 108 valence electrons. The second-order valence-corrected chi connectivity index (χ2v) is 3.65. The Labute approximate surface area is 110 Å². The van der Waals surface area contributed by atoms with E-state index in [2.05, 4.69) is 4.74 Å². The van der Waals surface area contributed by atoms with E-state index in [4.69, 9.17) is 0 Å². The second kappa shape index (κ2) is 5.68. The Hall–Kier alpha value is -2.45. The number of esters is 1. The van der Waals surface area contributed by atoms with Crippen LogP contribution in [-0.4, -0.2) is 23.8 Å². The zero-order valence-corrected chi connectivity index (χ0v) is 10.1. The number of benzene rings is 1. The summed E-state index contributed by atoms with van der Waals surface area (Å²) in [6.07, 6.45) is -5.93. The predicted octanol–water partition coefficient (Wildman–Crippen LogP) is 1.90. The number of hydrogen-bond donors (Lipinski definition) is 0. The minimum absolute atomic E-state index is 0.604. The molecule has 0 N–H and O–H groups in total. The lowest BCUT2D eigenvalue weighted by molar-refractivity contribution is -0.385. The van der Waals surface area contributed by atoms with Crippen molar-refractivity contribution in [3.8, 4) is 0 Å². The van der Waals surface area contributed by atoms with E-state index in [1.807, 2.05) is 0 Å². The van der Waals surface area contributed by atoms with Crippen LogP contribution in [0.2, 0.25) is 0 Å². The highest BCUT2D eigenvalue weighted by Crippen LogP contribution is 2.36. The molecule has 0 saturated heterocycles. The number of carbonyl (C=O) groups excluding carboxylic acids is 2. The third-order valence-electron chi connectivity index (χ3n) is 2.40. The molecule has 0 unspecified atom stereocenters. The van der Waals surface area contributed by atoms with Gasteiger partial charge in [-0.2, -0.15) is 13.2 Å². The number of carbonyl (C=O) groups is 2. The fourth-order valence-electron chi connectivity index (χ4n) is 1.54. The molecule has 0 aliphatic carbocycles. The number of nitro groups is 1. The van der Waals surface area contributed by atoms with Crippen LogP contribution in [0.25, 0.3) is 0 Å². The zero-order chi connectivity index (χ0) is 15.5. The molecule has 0 fully saturated rings. The molecule has 20 heavy (non-hydrogen) atoms. The number of alkyl halides is 3. The van der Waals surface area contributed by atoms with Gasteiger partial charge in [0, 0.05) is 11.6 Å². The number of nitro benzene ring substituents is 1. The van der Waals surface area contributed by atoms with Crippen molar-refractivity contribution in [3.63, 3.8) is 0 Å². The fraction of sp³-hybridized carbons (Fsp3) is 0.273. The van der Waals surface area contributed by atoms with Crippen molar-refractivity contribution in [3.05, 3.63) is 39.4 Å². The standard InChI is InChI=1S/C11H8F3NO5/c1-20-10(17)9(16)5-6-7(11(12,13)14)3-2-4-8(6)15(18)19/h2-4H,5H2,1H3. The molecule has 0 aromatic heterocycles. The molecule has 0 aliphatic heterocycles. The molecule has 6 nitrogen and oxygen atoms in total. The second-order valence-electron chi connectivity index (χ2n) is 3.65. The SMILES string of the molecule is COC(=O)C(=O)Cc1c([N+](=O)[O-])cccc1C(F)(F)F. The van der Waals surface area contributed by atoms with Crippen LogP contribution < -0.4 is 0 Å². The minimum atomic E-state index is -4.88. The van der Waals surface area contributed by atoms with Gasteiger partial charge in [0.15, 0.2) is 0 Å². The maximum absolute atomic E-state index is 12.8. The summed E-state index contributed by atoms with van der Waals surface area (Å²) in [5.74, 6) is -2.66. The number of methoxy groups -OCH3 is 1. The molecule has 1 aromatic carbocycles. The Morgan fingerprint density at radius 2 is 1.95 bits per heavy atom. The largest absolute Gasteiger partial charge is 0.463 e. The quantitative estimate of drug-likeness (QED) is 0.366. The first-order chi connectivity index (χ1) is 9.18. The van der Waals surface area contributed by atoms with Crippen LogP contribution in [0.15, 0.2) is 18.2 Å². The monoisotopic (exact) mass is 291 g/mol. The summed E-state index contributed by atoms with van der Waals surface area (Å²) in [6, 6.07) is 2.29. The van der Waals surface area contributed by atoms with Gasteiger partial charge in [0.2, 0.25) is 5.78 Å². The molecule has 1 rings (SSSR count). The first-order valence-corrected chi connectivity index (χ1v) is 5.13. The van der Waals surface area contributed by atoms with Crippen molar-refractivity contribution in [1.82, 2.24) is 0 Å². The summed E-state index contributed by atoms with van der Waals surface area (Å²) in [4.78, 5) is 32.0. The number of hydrogen-bond acceptors (Lipinski definition) is 5. The van der Waals surface area contributed by atoms with Gasteiger partial charge in [-0.1, -0.05) is 6.07 Å². The van der Waals surface area contributed by atoms with Gasteiger partial charge < -0.3 is 4.74 Å². The van der Waals surface area contributed by atoms with Gasteiger partial charge in [-0.15, -0.1) is 0 Å². The Kier molecular flexibility index (Phi) is 4.43. The van der Waals surface area contributed by atoms with E-state index in [1.54, 1.807) is 0 Å². The van der Waals surface area contributed by atoms with E-state index in [-0.39, 0.29) is 0 Å². The summed E-state index contributed by atoms with van der Waals surface area (Å²) >= 11 is 0. The summed E-state index contributed by atoms with van der Waals surface area (Å²) in [7, 11) is 0.879. The summed E-state index contributed by atoms with van der Waals surface area (Å²) in [6.45, 7) is 0. The first kappa shape index (κ1) is 15.6. The number of Topliss-reactive ketones (excluding diaryl/α,β-unsaturated/α-hetero) is 1. The number of ether oxygens (including phenoxy) is 1. The van der Waals surface area contributed by atoms with Crippen molar-refractivity contribution >= 4 is 17.4 Å². The third-order valence-corrected chi connectivity index (χ3v) is 2.40. The molecular formula is C11H8F3NO5. The van der Waals surface area contributed by atoms with Crippen molar-refractivity contribution in [1.29, 1.82) is 0 Å². The zero-order valence-electron chi connectivity index (χ0n) is 10.1. The third kappa shape index (κ3) is 3.31. The lowest BCUT2D eigenvalue weighted by atomic mass is 9.99. The van der Waals surface area contributed by atoms with Gasteiger partial charge in [0.25, 0.3) is 5.69 Å². The van der Waals surface area contributed by atoms with Gasteiger partial charge in [0.05, 0.1) is 24.0 Å². The van der Waals surface area contributed by atoms with Crippen LogP contribution in [0.4, 0.5) is 18.9 Å². The van der Waals surface area contributed by atoms with Crippen molar-refractivity contribution in [2.24, 2.45) is 0 Å². The van der Waals surface area contributed by atoms with E-state index < -0.39 is 46.1 Å². The minimum Gasteiger partial charge on any atom is -0.463 e. The van der Waals surface area contributed by atoms with E-state index >= 15 is 0 Å². The summed E-state index contributed by atoms with van der Waals surface area (Å²) in [5.41, 5.74) is -3.07. The molecular weight excluding hydrogens is 283 g/mol. The number of halogens is 3. The highest BCUT2D eigenvalue weighted by molar-refractivity contribution is 6.34. The highest BCUT2D eigenvalue weighted by Gasteiger charge is 2.37. The summed E-state index contributed by atoms with van der Waals surface area (Å²) in [5, 5.41) is 10.7. The van der Waals surface area contributed by atoms with Crippen LogP contribution in [0.3, 0.4) is 0 Å². The lowest BCUT2D eigenvalue weighted by Gasteiger charge is -2.12. The first-order valence-electron chi connectivity index (χ1n) is 5.13. The Balaban J connectivity index is 3.36. The van der Waals surface area contributed by atoms with Gasteiger partial charge in [-0.25, -0.2) is 4.79 Å². The molecule has 0 spiro atoms. The fourth-order valence-corrected chi connectivity index (χ4v) is 1.54. The van der Waals surface area contributed by atoms with Crippen molar-refractivity contribution in [2.45, 2.75) is 12.6 Å². The normalized spacial score (nSPS) is 11.0. The van der Waals surface area contributed by atoms with Gasteiger partial charge in [-0.05, 0) is 6.07 Å². The Morgan fingerprint density at radius 3 is 2.40 bits per heavy atom. The molecule has 0 aliphatic rings. The number of ketones is 1. The Morgan fingerprint density at radius 1 is 1.35 bits per heavy atom. The smallest absolute Gasteiger partial charge is 0.416 e. The molecule has 0 amide bonds. The highest BCUT2D eigenvalue weighted by atomic mass is 19.4. The maximum Gasteiger partial charge on any atom is 0.416 e. The lowest BCUT2D eigenvalue weighted by Crippen LogP contribution is -2.21. The molecule has 0 bridgehead atoms. The van der Waals surface area contributed by atoms with Gasteiger partial charge >= 0.3 is 12.1 Å². The van der Waals surface area contributed by atoms with Crippen LogP contribution in [0.1, 0.15) is 11.1 Å². The molecule has 0 heterocycles. The van der Waals surface area contributed by atoms with Crippen LogP contribution in [0.5, 0.6) is 0 Å². The van der Waals surface area contributed by atoms with Crippen LogP contribution in [0, 0.1) is 10.1 Å². The predicted molar refractivity (Wildman–Crippen MR) is 58.8 cm³/mol. The number of rotatable bonds is 4. The number of nitrogens with zero attached hydrogens (tertiary/aromatic N) is 1. The van der Waals surface area contributed by atoms with E-state index in [1.165, 1.54) is 0 Å².